The molecular formula is C14H16BrNS. The van der Waals surface area contributed by atoms with Crippen molar-refractivity contribution in [2.45, 2.75) is 25.8 Å². The molecule has 0 radical (unpaired) electrons. The highest BCUT2D eigenvalue weighted by atomic mass is 79.9. The van der Waals surface area contributed by atoms with Crippen molar-refractivity contribution >= 4 is 27.3 Å². The van der Waals surface area contributed by atoms with E-state index < -0.39 is 0 Å². The van der Waals surface area contributed by atoms with Crippen LogP contribution in [0, 0.1) is 0 Å². The predicted molar refractivity (Wildman–Crippen MR) is 78.5 cm³/mol. The molecule has 1 heterocycles. The quantitative estimate of drug-likeness (QED) is 0.883. The fourth-order valence-electron chi connectivity index (χ4n) is 1.91. The highest BCUT2D eigenvalue weighted by Gasteiger charge is 2.13. The first-order valence-corrected chi connectivity index (χ1v) is 7.47. The largest absolute Gasteiger partial charge is 0.320 e. The number of hydrogen-bond donors (Lipinski definition) is 1. The first-order valence-electron chi connectivity index (χ1n) is 5.79. The van der Waals surface area contributed by atoms with E-state index in [9.17, 15) is 0 Å². The summed E-state index contributed by atoms with van der Waals surface area (Å²) >= 11 is 5.24. The topological polar surface area (TPSA) is 26.0 Å². The third-order valence-corrected chi connectivity index (χ3v) is 4.73. The van der Waals surface area contributed by atoms with Crippen molar-refractivity contribution in [3.05, 3.63) is 56.2 Å². The van der Waals surface area contributed by atoms with Crippen molar-refractivity contribution < 1.29 is 0 Å². The number of aryl methyl sites for hydroxylation is 1. The van der Waals surface area contributed by atoms with E-state index in [4.69, 9.17) is 5.73 Å². The van der Waals surface area contributed by atoms with Gasteiger partial charge in [0.15, 0.2) is 0 Å². The molecule has 3 heteroatoms. The van der Waals surface area contributed by atoms with Gasteiger partial charge in [-0.25, -0.2) is 0 Å². The Kier molecular flexibility index (Phi) is 4.37. The molecule has 2 N–H and O–H groups in total. The van der Waals surface area contributed by atoms with Gasteiger partial charge in [-0.1, -0.05) is 37.6 Å². The fraction of sp³-hybridized carbons (Fsp3) is 0.286. The Morgan fingerprint density at radius 1 is 1.35 bits per heavy atom. The van der Waals surface area contributed by atoms with Gasteiger partial charge in [0.2, 0.25) is 0 Å². The lowest BCUT2D eigenvalue weighted by atomic mass is 10.0. The third-order valence-electron chi connectivity index (χ3n) is 2.78. The third kappa shape index (κ3) is 2.97. The second kappa shape index (κ2) is 5.80. The van der Waals surface area contributed by atoms with E-state index >= 15 is 0 Å². The zero-order valence-electron chi connectivity index (χ0n) is 9.82. The molecule has 0 amide bonds. The molecule has 0 saturated heterocycles. The molecule has 90 valence electrons. The predicted octanol–water partition coefficient (Wildman–Crippen LogP) is 4.51. The van der Waals surface area contributed by atoms with Gasteiger partial charge in [0.05, 0.1) is 6.04 Å². The zero-order chi connectivity index (χ0) is 12.3. The minimum Gasteiger partial charge on any atom is -0.320 e. The summed E-state index contributed by atoms with van der Waals surface area (Å²) in [6, 6.07) is 10.6. The van der Waals surface area contributed by atoms with Gasteiger partial charge in [-0.05, 0) is 44.9 Å². The molecule has 0 saturated carbocycles. The number of nitrogens with two attached hydrogens (primary N) is 1. The number of benzene rings is 1. The van der Waals surface area contributed by atoms with E-state index in [0.717, 1.165) is 10.9 Å². The van der Waals surface area contributed by atoms with Crippen LogP contribution in [0.3, 0.4) is 0 Å². The standard InChI is InChI=1S/C14H16BrNS/c1-2-4-10-5-3-6-11(9-10)13(16)14-12(15)7-8-17-14/h3,5-9,13H,2,4,16H2,1H3. The lowest BCUT2D eigenvalue weighted by Gasteiger charge is -2.12. The summed E-state index contributed by atoms with van der Waals surface area (Å²) in [7, 11) is 0. The minimum atomic E-state index is -0.0267. The molecule has 0 aliphatic heterocycles. The maximum atomic E-state index is 6.31. The maximum absolute atomic E-state index is 6.31. The average Bonchev–Trinajstić information content (AvgIpc) is 2.75. The number of thiophene rings is 1. The number of rotatable bonds is 4. The highest BCUT2D eigenvalue weighted by molar-refractivity contribution is 9.10. The molecule has 1 unspecified atom stereocenters. The molecule has 0 bridgehead atoms. The van der Waals surface area contributed by atoms with Crippen LogP contribution in [0.15, 0.2) is 40.2 Å². The normalized spacial score (nSPS) is 12.6. The Bertz CT molecular complexity index is 492. The van der Waals surface area contributed by atoms with Crippen LogP contribution in [0.2, 0.25) is 0 Å². The van der Waals surface area contributed by atoms with Crippen molar-refractivity contribution in [1.82, 2.24) is 0 Å². The van der Waals surface area contributed by atoms with Gasteiger partial charge >= 0.3 is 0 Å². The van der Waals surface area contributed by atoms with Crippen molar-refractivity contribution in [3.8, 4) is 0 Å². The molecular weight excluding hydrogens is 294 g/mol. The Balaban J connectivity index is 2.28. The monoisotopic (exact) mass is 309 g/mol. The molecule has 1 aromatic carbocycles. The van der Waals surface area contributed by atoms with Crippen LogP contribution in [0.25, 0.3) is 0 Å². The summed E-state index contributed by atoms with van der Waals surface area (Å²) in [5, 5.41) is 2.06. The van der Waals surface area contributed by atoms with Gasteiger partial charge in [-0.15, -0.1) is 11.3 Å². The molecule has 0 spiro atoms. The zero-order valence-corrected chi connectivity index (χ0v) is 12.2. The second-order valence-electron chi connectivity index (χ2n) is 4.11. The van der Waals surface area contributed by atoms with Gasteiger partial charge in [-0.2, -0.15) is 0 Å². The highest BCUT2D eigenvalue weighted by Crippen LogP contribution is 2.31. The Hall–Kier alpha value is -0.640. The van der Waals surface area contributed by atoms with Crippen molar-refractivity contribution in [2.24, 2.45) is 5.73 Å². The van der Waals surface area contributed by atoms with Crippen molar-refractivity contribution in [1.29, 1.82) is 0 Å². The summed E-state index contributed by atoms with van der Waals surface area (Å²) in [5.41, 5.74) is 8.87. The van der Waals surface area contributed by atoms with Gasteiger partial charge in [0, 0.05) is 9.35 Å². The van der Waals surface area contributed by atoms with Crippen LogP contribution in [0.5, 0.6) is 0 Å². The second-order valence-corrected chi connectivity index (χ2v) is 5.91. The molecule has 0 fully saturated rings. The van der Waals surface area contributed by atoms with Gasteiger partial charge in [-0.3, -0.25) is 0 Å². The van der Waals surface area contributed by atoms with Crippen molar-refractivity contribution in [3.63, 3.8) is 0 Å². The fourth-order valence-corrected chi connectivity index (χ4v) is 3.56. The first-order chi connectivity index (χ1) is 8.22. The van der Waals surface area contributed by atoms with Crippen LogP contribution in [0.1, 0.15) is 35.4 Å². The average molecular weight is 310 g/mol. The van der Waals surface area contributed by atoms with E-state index in [2.05, 4.69) is 58.6 Å². The minimum absolute atomic E-state index is 0.0267. The summed E-state index contributed by atoms with van der Waals surface area (Å²) in [6.45, 7) is 2.20. The van der Waals surface area contributed by atoms with Crippen molar-refractivity contribution in [2.75, 3.05) is 0 Å². The van der Waals surface area contributed by atoms with Crippen LogP contribution < -0.4 is 5.73 Å². The smallest absolute Gasteiger partial charge is 0.0657 e. The molecule has 2 rings (SSSR count). The Labute approximate surface area is 115 Å². The van der Waals surface area contributed by atoms with E-state index in [1.165, 1.54) is 22.4 Å². The molecule has 0 aliphatic carbocycles. The summed E-state index contributed by atoms with van der Waals surface area (Å²) in [5.74, 6) is 0. The summed E-state index contributed by atoms with van der Waals surface area (Å²) < 4.78 is 1.11. The molecule has 2 aromatic rings. The first kappa shape index (κ1) is 12.8. The molecule has 0 aliphatic rings. The number of halogens is 1. The summed E-state index contributed by atoms with van der Waals surface area (Å²) in [6.07, 6.45) is 2.29. The Morgan fingerprint density at radius 2 is 2.18 bits per heavy atom. The van der Waals surface area contributed by atoms with Crippen LogP contribution in [-0.4, -0.2) is 0 Å². The lowest BCUT2D eigenvalue weighted by Crippen LogP contribution is -2.11. The molecule has 17 heavy (non-hydrogen) atoms. The Morgan fingerprint density at radius 3 is 2.82 bits per heavy atom. The maximum Gasteiger partial charge on any atom is 0.0657 e. The van der Waals surface area contributed by atoms with E-state index in [0.29, 0.717) is 0 Å². The molecule has 1 aromatic heterocycles. The summed E-state index contributed by atoms with van der Waals surface area (Å²) in [4.78, 5) is 1.19. The van der Waals surface area contributed by atoms with Gasteiger partial charge in [0.1, 0.15) is 0 Å². The van der Waals surface area contributed by atoms with E-state index in [1.807, 2.05) is 0 Å². The SMILES string of the molecule is CCCc1cccc(C(N)c2sccc2Br)c1. The number of hydrogen-bond acceptors (Lipinski definition) is 2. The van der Waals surface area contributed by atoms with Gasteiger partial charge in [0.25, 0.3) is 0 Å². The van der Waals surface area contributed by atoms with E-state index in [1.54, 1.807) is 11.3 Å². The molecule has 1 nitrogen and oxygen atoms in total. The lowest BCUT2D eigenvalue weighted by molar-refractivity contribution is 0.871. The van der Waals surface area contributed by atoms with Gasteiger partial charge < -0.3 is 5.73 Å². The van der Waals surface area contributed by atoms with E-state index in [-0.39, 0.29) is 6.04 Å². The van der Waals surface area contributed by atoms with Crippen LogP contribution in [0.4, 0.5) is 0 Å². The molecule has 1 atom stereocenters. The van der Waals surface area contributed by atoms with Crippen LogP contribution in [-0.2, 0) is 6.42 Å². The van der Waals surface area contributed by atoms with Crippen LogP contribution >= 0.6 is 27.3 Å².